The van der Waals surface area contributed by atoms with Crippen LogP contribution < -0.4 is 10.5 Å². The lowest BCUT2D eigenvalue weighted by atomic mass is 9.48. The van der Waals surface area contributed by atoms with Crippen molar-refractivity contribution in [3.63, 3.8) is 0 Å². The van der Waals surface area contributed by atoms with Crippen LogP contribution in [0.25, 0.3) is 22.2 Å². The first kappa shape index (κ1) is 25.3. The molecule has 6 radical (unpaired) electrons. The molecule has 1 aliphatic carbocycles. The van der Waals surface area contributed by atoms with Gasteiger partial charge in [-0.2, -0.15) is 8.78 Å². The second-order valence-corrected chi connectivity index (χ2v) is 10.8. The standard InChI is InChI=1S/C27H21B3F2N6O2/c28-27(29,30)38-19-10-18(21-15(23(38)39)3-1-4-20(21)40-25(31)32)37-17-9-13(5-6-16(17)36-22(19)37)14-11-34-24(35-12-14)26(33)7-2-8-26/h1,3-6,9,11-12,18-19,25H,2,7-8,10,33H2/t18-,19-/m1/s1. The monoisotopic (exact) mass is 532 g/mol. The van der Waals surface area contributed by atoms with Crippen LogP contribution in [0.15, 0.2) is 48.8 Å². The first-order chi connectivity index (χ1) is 19.0. The topological polar surface area (TPSA) is 99.2 Å². The molecule has 2 bridgehead atoms. The number of benzene rings is 2. The van der Waals surface area contributed by atoms with Crippen molar-refractivity contribution in [1.82, 2.24) is 24.4 Å². The lowest BCUT2D eigenvalue weighted by Crippen LogP contribution is -2.54. The molecule has 2 aliphatic heterocycles. The predicted molar refractivity (Wildman–Crippen MR) is 145 cm³/mol. The quantitative estimate of drug-likeness (QED) is 0.397. The summed E-state index contributed by atoms with van der Waals surface area (Å²) in [5.41, 5.74) is 9.33. The fourth-order valence-corrected chi connectivity index (χ4v) is 6.25. The van der Waals surface area contributed by atoms with Crippen molar-refractivity contribution in [2.24, 2.45) is 5.73 Å². The number of imidazole rings is 1. The third kappa shape index (κ3) is 3.70. The molecule has 0 unspecified atom stereocenters. The summed E-state index contributed by atoms with van der Waals surface area (Å²) in [5, 5.41) is -2.04. The number of alkyl halides is 2. The van der Waals surface area contributed by atoms with Crippen molar-refractivity contribution in [3.05, 3.63) is 71.6 Å². The first-order valence-corrected chi connectivity index (χ1v) is 13.0. The van der Waals surface area contributed by atoms with Crippen molar-refractivity contribution in [3.8, 4) is 16.9 Å². The number of hydrogen-bond donors (Lipinski definition) is 1. The Labute approximate surface area is 232 Å². The van der Waals surface area contributed by atoms with E-state index in [1.165, 1.54) is 23.1 Å². The number of carbonyl (C=O) groups is 1. The summed E-state index contributed by atoms with van der Waals surface area (Å²) >= 11 is 0. The van der Waals surface area contributed by atoms with E-state index in [4.69, 9.17) is 39.0 Å². The third-order valence-electron chi connectivity index (χ3n) is 8.24. The summed E-state index contributed by atoms with van der Waals surface area (Å²) < 4.78 is 33.7. The maximum absolute atomic E-state index is 13.7. The summed E-state index contributed by atoms with van der Waals surface area (Å²) in [6.45, 7) is -3.09. The smallest absolute Gasteiger partial charge is 0.387 e. The Hall–Kier alpha value is -3.73. The number of amides is 1. The van der Waals surface area contributed by atoms with Crippen molar-refractivity contribution in [2.45, 2.75) is 55.2 Å². The van der Waals surface area contributed by atoms with Gasteiger partial charge in [0.05, 0.1) is 52.2 Å². The normalized spacial score (nSPS) is 21.2. The van der Waals surface area contributed by atoms with Crippen LogP contribution in [0.5, 0.6) is 5.75 Å². The molecule has 40 heavy (non-hydrogen) atoms. The molecule has 4 heterocycles. The van der Waals surface area contributed by atoms with Gasteiger partial charge < -0.3 is 19.9 Å². The summed E-state index contributed by atoms with van der Waals surface area (Å²) in [6, 6.07) is 8.83. The molecule has 194 valence electrons. The minimum atomic E-state index is -3.09. The fraction of sp³-hybridized carbons (Fsp3) is 0.333. The van der Waals surface area contributed by atoms with Crippen LogP contribution in [0, 0.1) is 0 Å². The van der Waals surface area contributed by atoms with Gasteiger partial charge in [0.2, 0.25) is 0 Å². The lowest BCUT2D eigenvalue weighted by Gasteiger charge is -2.41. The van der Waals surface area contributed by atoms with Gasteiger partial charge in [0.15, 0.2) is 0 Å². The average Bonchev–Trinajstić information content (AvgIpc) is 3.39. The van der Waals surface area contributed by atoms with Crippen LogP contribution in [-0.4, -0.2) is 65.7 Å². The SMILES string of the molecule is [B]C([B])([B])N1C(=O)c2cccc(OC(F)F)c2[C@H]2C[C@@H]1c1nc3ccc(-c4cnc(C5(N)CCC5)nc4)cc3n12. The number of ether oxygens (including phenoxy) is 1. The number of hydrogen-bond acceptors (Lipinski definition) is 6. The van der Waals surface area contributed by atoms with Crippen molar-refractivity contribution >= 4 is 40.5 Å². The summed E-state index contributed by atoms with van der Waals surface area (Å²) in [5.74, 6) is 0.427. The molecule has 0 saturated heterocycles. The van der Waals surface area contributed by atoms with E-state index >= 15 is 0 Å². The third-order valence-corrected chi connectivity index (χ3v) is 8.24. The maximum Gasteiger partial charge on any atom is 0.387 e. The molecule has 2 aromatic carbocycles. The minimum Gasteiger partial charge on any atom is -0.434 e. The summed E-state index contributed by atoms with van der Waals surface area (Å²) in [7, 11) is 18.3. The highest BCUT2D eigenvalue weighted by molar-refractivity contribution is 6.60. The van der Waals surface area contributed by atoms with Crippen LogP contribution >= 0.6 is 0 Å². The van der Waals surface area contributed by atoms with Gasteiger partial charge in [-0.25, -0.2) is 15.0 Å². The van der Waals surface area contributed by atoms with Crippen molar-refractivity contribution in [1.29, 1.82) is 0 Å². The Morgan fingerprint density at radius 2 is 1.82 bits per heavy atom. The van der Waals surface area contributed by atoms with E-state index in [1.54, 1.807) is 12.4 Å². The van der Waals surface area contributed by atoms with Gasteiger partial charge in [-0.1, -0.05) is 17.4 Å². The van der Waals surface area contributed by atoms with Gasteiger partial charge in [0, 0.05) is 35.5 Å². The molecule has 1 amide bonds. The van der Waals surface area contributed by atoms with Crippen LogP contribution in [0.4, 0.5) is 8.78 Å². The molecule has 4 aromatic rings. The molecule has 2 aromatic heterocycles. The van der Waals surface area contributed by atoms with Crippen LogP contribution in [-0.2, 0) is 5.54 Å². The highest BCUT2D eigenvalue weighted by atomic mass is 19.3. The van der Waals surface area contributed by atoms with E-state index in [-0.39, 0.29) is 17.7 Å². The largest absolute Gasteiger partial charge is 0.434 e. The number of nitrogens with two attached hydrogens (primary N) is 1. The molecule has 2 N–H and O–H groups in total. The van der Waals surface area contributed by atoms with Gasteiger partial charge in [0.25, 0.3) is 5.91 Å². The molecule has 1 fully saturated rings. The zero-order chi connectivity index (χ0) is 28.0. The van der Waals surface area contributed by atoms with E-state index in [9.17, 15) is 13.6 Å². The number of nitrogens with zero attached hydrogens (tertiary/aromatic N) is 5. The molecule has 2 atom stereocenters. The molecular weight excluding hydrogens is 511 g/mol. The van der Waals surface area contributed by atoms with E-state index in [0.717, 1.165) is 35.9 Å². The maximum atomic E-state index is 13.7. The van der Waals surface area contributed by atoms with Gasteiger partial charge >= 0.3 is 6.61 Å². The zero-order valence-corrected chi connectivity index (χ0v) is 21.3. The Morgan fingerprint density at radius 1 is 1.07 bits per heavy atom. The lowest BCUT2D eigenvalue weighted by molar-refractivity contribution is -0.0507. The molecule has 1 saturated carbocycles. The van der Waals surface area contributed by atoms with Gasteiger partial charge in [0.1, 0.15) is 17.4 Å². The number of aromatic nitrogens is 4. The van der Waals surface area contributed by atoms with Gasteiger partial charge in [-0.3, -0.25) is 4.79 Å². The molecule has 0 spiro atoms. The molecule has 3 aliphatic rings. The van der Waals surface area contributed by atoms with E-state index in [0.29, 0.717) is 22.7 Å². The Kier molecular flexibility index (Phi) is 5.45. The Morgan fingerprint density at radius 3 is 2.48 bits per heavy atom. The molecule has 13 heteroatoms. The Balaban J connectivity index is 1.40. The first-order valence-electron chi connectivity index (χ1n) is 13.0. The molecule has 8 nitrogen and oxygen atoms in total. The zero-order valence-electron chi connectivity index (χ0n) is 21.3. The fourth-order valence-electron chi connectivity index (χ4n) is 6.25. The summed E-state index contributed by atoms with van der Waals surface area (Å²) in [4.78, 5) is 28.7. The Bertz CT molecular complexity index is 1670. The average molecular weight is 532 g/mol. The van der Waals surface area contributed by atoms with Gasteiger partial charge in [-0.15, -0.1) is 0 Å². The highest BCUT2D eigenvalue weighted by Gasteiger charge is 2.48. The second-order valence-electron chi connectivity index (χ2n) is 10.8. The number of fused-ring (bicyclic) bond motifs is 9. The molecule has 7 rings (SSSR count). The van der Waals surface area contributed by atoms with E-state index < -0.39 is 35.4 Å². The second kappa shape index (κ2) is 8.64. The molecular formula is C27H21B3F2N6O2. The van der Waals surface area contributed by atoms with Crippen LogP contribution in [0.2, 0.25) is 0 Å². The van der Waals surface area contributed by atoms with Crippen LogP contribution in [0.1, 0.15) is 65.3 Å². The number of rotatable bonds is 5. The van der Waals surface area contributed by atoms with Crippen molar-refractivity contribution in [2.75, 3.05) is 0 Å². The van der Waals surface area contributed by atoms with Crippen LogP contribution in [0.3, 0.4) is 0 Å². The van der Waals surface area contributed by atoms with E-state index in [2.05, 4.69) is 9.97 Å². The predicted octanol–water partition coefficient (Wildman–Crippen LogP) is 3.04. The van der Waals surface area contributed by atoms with E-state index in [1.807, 2.05) is 22.8 Å². The minimum absolute atomic E-state index is 0.107. The number of halogens is 2. The summed E-state index contributed by atoms with van der Waals surface area (Å²) in [6.07, 6.45) is 6.54. The number of carbonyl (C=O) groups excluding carboxylic acids is 1. The highest BCUT2D eigenvalue weighted by Crippen LogP contribution is 2.51. The van der Waals surface area contributed by atoms with Crippen molar-refractivity contribution < 1.29 is 18.3 Å². The van der Waals surface area contributed by atoms with Gasteiger partial charge in [-0.05, 0) is 49.1 Å².